The van der Waals surface area contributed by atoms with Gasteiger partial charge in [-0.15, -0.1) is 0 Å². The van der Waals surface area contributed by atoms with Crippen LogP contribution in [0.3, 0.4) is 0 Å². The largest absolute Gasteiger partial charge is 0.318 e. The number of nitriles is 1. The van der Waals surface area contributed by atoms with Gasteiger partial charge in [-0.1, -0.05) is 25.0 Å². The molecule has 1 N–H and O–H groups in total. The molecule has 2 fully saturated rings. The van der Waals surface area contributed by atoms with Gasteiger partial charge in [0.1, 0.15) is 6.07 Å². The first-order chi connectivity index (χ1) is 17.5. The van der Waals surface area contributed by atoms with Crippen molar-refractivity contribution in [3.8, 4) is 6.07 Å². The second kappa shape index (κ2) is 10.6. The molecule has 0 radical (unpaired) electrons. The first-order valence-corrected chi connectivity index (χ1v) is 12.7. The van der Waals surface area contributed by atoms with Crippen molar-refractivity contribution < 1.29 is 4.79 Å². The Hall–Kier alpha value is -3.55. The summed E-state index contributed by atoms with van der Waals surface area (Å²) in [6.07, 6.45) is 6.24. The minimum absolute atomic E-state index is 0.0556. The van der Waals surface area contributed by atoms with Crippen LogP contribution in [0.4, 0.5) is 5.82 Å². The second-order valence-corrected chi connectivity index (χ2v) is 9.99. The molecule has 1 amide bonds. The summed E-state index contributed by atoms with van der Waals surface area (Å²) in [4.78, 5) is 31.4. The molecule has 3 heterocycles. The van der Waals surface area contributed by atoms with Gasteiger partial charge >= 0.3 is 0 Å². The number of aromatic nitrogens is 4. The number of rotatable bonds is 7. The number of benzene rings is 1. The molecule has 0 atom stereocenters. The molecule has 1 saturated heterocycles. The minimum Gasteiger partial charge on any atom is -0.318 e. The monoisotopic (exact) mass is 487 g/mol. The van der Waals surface area contributed by atoms with Crippen molar-refractivity contribution in [2.24, 2.45) is 13.0 Å². The Morgan fingerprint density at radius 1 is 1.11 bits per heavy atom. The lowest BCUT2D eigenvalue weighted by Crippen LogP contribution is -2.45. The van der Waals surface area contributed by atoms with Crippen molar-refractivity contribution in [2.45, 2.75) is 32.2 Å². The van der Waals surface area contributed by atoms with Crippen LogP contribution in [0.15, 0.2) is 30.6 Å². The Balaban J connectivity index is 1.36. The van der Waals surface area contributed by atoms with Gasteiger partial charge in [-0.3, -0.25) is 20.1 Å². The number of carbonyl (C=O) groups is 1. The summed E-state index contributed by atoms with van der Waals surface area (Å²) in [5.74, 6) is 0.750. The van der Waals surface area contributed by atoms with Gasteiger partial charge in [0.25, 0.3) is 5.91 Å². The number of hydrogen-bond donors (Lipinski definition) is 1. The van der Waals surface area contributed by atoms with Gasteiger partial charge in [-0.25, -0.2) is 4.98 Å². The van der Waals surface area contributed by atoms with Crippen LogP contribution in [-0.2, 0) is 13.6 Å². The zero-order valence-electron chi connectivity index (χ0n) is 21.0. The maximum absolute atomic E-state index is 13.3. The first kappa shape index (κ1) is 24.2. The molecule has 36 heavy (non-hydrogen) atoms. The first-order valence-electron chi connectivity index (χ1n) is 12.7. The van der Waals surface area contributed by atoms with E-state index in [1.165, 1.54) is 18.4 Å². The molecule has 10 heteroatoms. The Labute approximate surface area is 211 Å². The number of fused-ring (bicyclic) bond motifs is 1. The summed E-state index contributed by atoms with van der Waals surface area (Å²) in [5.41, 5.74) is 5.98. The van der Waals surface area contributed by atoms with Gasteiger partial charge in [0.05, 0.1) is 6.33 Å². The molecule has 2 aliphatic rings. The quantitative estimate of drug-likeness (QED) is 0.506. The Kier molecular flexibility index (Phi) is 7.11. The SMILES string of the molecule is CN1CCN(Cc2ccc(C(=O)NN(CC3CCCC3)c3nc(C#N)nc4c3ncn4C)cc2)CC1. The average molecular weight is 488 g/mol. The average Bonchev–Trinajstić information content (AvgIpc) is 3.54. The highest BCUT2D eigenvalue weighted by Gasteiger charge is 2.25. The van der Waals surface area contributed by atoms with E-state index in [1.807, 2.05) is 37.4 Å². The van der Waals surface area contributed by atoms with Crippen LogP contribution < -0.4 is 10.4 Å². The molecule has 0 bridgehead atoms. The van der Waals surface area contributed by atoms with E-state index in [9.17, 15) is 10.1 Å². The Morgan fingerprint density at radius 2 is 1.83 bits per heavy atom. The highest BCUT2D eigenvalue weighted by Crippen LogP contribution is 2.28. The fourth-order valence-corrected chi connectivity index (χ4v) is 5.08. The van der Waals surface area contributed by atoms with Crippen molar-refractivity contribution in [1.82, 2.24) is 34.7 Å². The van der Waals surface area contributed by atoms with E-state index in [4.69, 9.17) is 0 Å². The lowest BCUT2D eigenvalue weighted by molar-refractivity contribution is 0.0947. The molecule has 5 rings (SSSR count). The van der Waals surface area contributed by atoms with Crippen molar-refractivity contribution in [1.29, 1.82) is 5.26 Å². The number of piperazine rings is 1. The van der Waals surface area contributed by atoms with Gasteiger partial charge in [-0.05, 0) is 43.5 Å². The van der Waals surface area contributed by atoms with Gasteiger partial charge in [0.2, 0.25) is 5.82 Å². The number of carbonyl (C=O) groups excluding carboxylic acids is 1. The standard InChI is InChI=1S/C26H33N9O/c1-32-11-13-34(14-12-32)16-20-7-9-21(10-8-20)26(36)31-35(17-19-5-3-4-6-19)25-23-24(33(2)18-28-23)29-22(15-27)30-25/h7-10,18-19H,3-6,11-14,16-17H2,1-2H3,(H,31,36). The molecule has 1 aromatic carbocycles. The number of aryl methyl sites for hydroxylation is 1. The van der Waals surface area contributed by atoms with Gasteiger partial charge < -0.3 is 9.47 Å². The molecule has 1 saturated carbocycles. The third kappa shape index (κ3) is 5.32. The van der Waals surface area contributed by atoms with Crippen molar-refractivity contribution in [3.05, 3.63) is 47.5 Å². The van der Waals surface area contributed by atoms with E-state index in [0.29, 0.717) is 35.0 Å². The number of nitrogens with one attached hydrogen (secondary N) is 1. The number of nitrogens with zero attached hydrogens (tertiary/aromatic N) is 8. The minimum atomic E-state index is -0.208. The molecular weight excluding hydrogens is 454 g/mol. The summed E-state index contributed by atoms with van der Waals surface area (Å²) >= 11 is 0. The predicted molar refractivity (Wildman–Crippen MR) is 137 cm³/mol. The lowest BCUT2D eigenvalue weighted by atomic mass is 10.1. The fraction of sp³-hybridized carbons (Fsp3) is 0.500. The van der Waals surface area contributed by atoms with Crippen molar-refractivity contribution in [3.63, 3.8) is 0 Å². The summed E-state index contributed by atoms with van der Waals surface area (Å²) < 4.78 is 1.76. The predicted octanol–water partition coefficient (Wildman–Crippen LogP) is 2.32. The van der Waals surface area contributed by atoms with Crippen LogP contribution in [0.5, 0.6) is 0 Å². The zero-order valence-corrected chi connectivity index (χ0v) is 21.0. The molecule has 0 unspecified atom stereocenters. The Morgan fingerprint density at radius 3 is 2.53 bits per heavy atom. The molecule has 0 spiro atoms. The molecule has 1 aliphatic heterocycles. The zero-order chi connectivity index (χ0) is 25.1. The second-order valence-electron chi connectivity index (χ2n) is 9.99. The molecule has 188 valence electrons. The van der Waals surface area contributed by atoms with Crippen LogP contribution in [0, 0.1) is 17.2 Å². The van der Waals surface area contributed by atoms with E-state index in [-0.39, 0.29) is 11.7 Å². The van der Waals surface area contributed by atoms with Crippen LogP contribution in [0.1, 0.15) is 47.4 Å². The van der Waals surface area contributed by atoms with Gasteiger partial charge in [-0.2, -0.15) is 15.2 Å². The van der Waals surface area contributed by atoms with E-state index in [1.54, 1.807) is 15.9 Å². The van der Waals surface area contributed by atoms with E-state index in [0.717, 1.165) is 45.6 Å². The topological polar surface area (TPSA) is 106 Å². The maximum atomic E-state index is 13.3. The third-order valence-electron chi connectivity index (χ3n) is 7.27. The van der Waals surface area contributed by atoms with E-state index < -0.39 is 0 Å². The van der Waals surface area contributed by atoms with Gasteiger partial charge in [0, 0.05) is 51.9 Å². The summed E-state index contributed by atoms with van der Waals surface area (Å²) in [6.45, 7) is 5.77. The fourth-order valence-electron chi connectivity index (χ4n) is 5.08. The van der Waals surface area contributed by atoms with Crippen LogP contribution in [0.25, 0.3) is 11.2 Å². The van der Waals surface area contributed by atoms with Gasteiger partial charge in [0.15, 0.2) is 17.0 Å². The number of hydrazine groups is 1. The summed E-state index contributed by atoms with van der Waals surface area (Å²) in [5, 5.41) is 11.3. The molecule has 2 aromatic heterocycles. The normalized spacial score (nSPS) is 17.4. The smallest absolute Gasteiger partial charge is 0.269 e. The number of hydrogen-bond acceptors (Lipinski definition) is 8. The number of amides is 1. The summed E-state index contributed by atoms with van der Waals surface area (Å²) in [7, 11) is 3.99. The van der Waals surface area contributed by atoms with Crippen molar-refractivity contribution in [2.75, 3.05) is 44.8 Å². The summed E-state index contributed by atoms with van der Waals surface area (Å²) in [6, 6.07) is 9.87. The third-order valence-corrected chi connectivity index (χ3v) is 7.27. The Bertz CT molecular complexity index is 1250. The van der Waals surface area contributed by atoms with Crippen molar-refractivity contribution >= 4 is 22.9 Å². The maximum Gasteiger partial charge on any atom is 0.269 e. The molecule has 10 nitrogen and oxygen atoms in total. The van der Waals surface area contributed by atoms with Crippen LogP contribution in [0.2, 0.25) is 0 Å². The number of imidazole rings is 1. The molecule has 1 aliphatic carbocycles. The van der Waals surface area contributed by atoms with E-state index >= 15 is 0 Å². The number of likely N-dealkylation sites (N-methyl/N-ethyl adjacent to an activating group) is 1. The molecule has 3 aromatic rings. The molecular formula is C26H33N9O. The van der Waals surface area contributed by atoms with E-state index in [2.05, 4.69) is 37.2 Å². The highest BCUT2D eigenvalue weighted by atomic mass is 16.2. The number of anilines is 1. The lowest BCUT2D eigenvalue weighted by Gasteiger charge is -2.32. The van der Waals surface area contributed by atoms with Crippen LogP contribution in [-0.4, -0.2) is 75.0 Å². The van der Waals surface area contributed by atoms with Crippen LogP contribution >= 0.6 is 0 Å². The highest BCUT2D eigenvalue weighted by molar-refractivity contribution is 5.96.